The Labute approximate surface area is 126 Å². The van der Waals surface area contributed by atoms with Crippen LogP contribution in [0.15, 0.2) is 6.07 Å². The number of carbonyl (C=O) groups is 1. The molecule has 1 aromatic heterocycles. The van der Waals surface area contributed by atoms with Gasteiger partial charge < -0.3 is 15.3 Å². The van der Waals surface area contributed by atoms with E-state index in [1.165, 1.54) is 17.4 Å². The van der Waals surface area contributed by atoms with E-state index in [0.29, 0.717) is 35.8 Å². The number of carbonyl (C=O) groups excluding carboxylic acids is 1. The van der Waals surface area contributed by atoms with Crippen LogP contribution in [0.4, 0.5) is 10.7 Å². The molecule has 0 radical (unpaired) electrons. The quantitative estimate of drug-likeness (QED) is 0.651. The SMILES string of the molecule is CNC(=O)C1CCN(c2sc([C@@H](C)O)cc2[N+](=O)[O-])CC1. The maximum atomic E-state index is 11.6. The van der Waals surface area contributed by atoms with Crippen molar-refractivity contribution < 1.29 is 14.8 Å². The molecule has 1 aliphatic rings. The number of rotatable bonds is 4. The van der Waals surface area contributed by atoms with Gasteiger partial charge in [0.25, 0.3) is 0 Å². The minimum absolute atomic E-state index is 0.0264. The van der Waals surface area contributed by atoms with E-state index in [1.54, 1.807) is 14.0 Å². The van der Waals surface area contributed by atoms with Crippen LogP contribution in [0.25, 0.3) is 0 Å². The van der Waals surface area contributed by atoms with Crippen LogP contribution in [0.2, 0.25) is 0 Å². The maximum Gasteiger partial charge on any atom is 0.304 e. The van der Waals surface area contributed by atoms with Gasteiger partial charge in [-0.2, -0.15) is 0 Å². The molecule has 0 unspecified atom stereocenters. The predicted octanol–water partition coefficient (Wildman–Crippen LogP) is 1.67. The van der Waals surface area contributed by atoms with Gasteiger partial charge in [-0.25, -0.2) is 0 Å². The average Bonchev–Trinajstić information content (AvgIpc) is 2.92. The summed E-state index contributed by atoms with van der Waals surface area (Å²) in [4.78, 5) is 24.9. The molecule has 8 heteroatoms. The number of aliphatic hydroxyl groups is 1. The second-order valence-electron chi connectivity index (χ2n) is 5.15. The summed E-state index contributed by atoms with van der Waals surface area (Å²) in [6.45, 7) is 2.81. The summed E-state index contributed by atoms with van der Waals surface area (Å²) < 4.78 is 0. The van der Waals surface area contributed by atoms with Crippen LogP contribution >= 0.6 is 11.3 Å². The van der Waals surface area contributed by atoms with Crippen LogP contribution in [0.3, 0.4) is 0 Å². The summed E-state index contributed by atoms with van der Waals surface area (Å²) in [7, 11) is 1.62. The maximum absolute atomic E-state index is 11.6. The topological polar surface area (TPSA) is 95.7 Å². The van der Waals surface area contributed by atoms with Crippen molar-refractivity contribution in [2.45, 2.75) is 25.9 Å². The fourth-order valence-corrected chi connectivity index (χ4v) is 3.62. The van der Waals surface area contributed by atoms with Crippen LogP contribution in [0.1, 0.15) is 30.7 Å². The fraction of sp³-hybridized carbons (Fsp3) is 0.615. The number of amides is 1. The highest BCUT2D eigenvalue weighted by molar-refractivity contribution is 7.16. The second-order valence-corrected chi connectivity index (χ2v) is 6.21. The molecule has 1 atom stereocenters. The van der Waals surface area contributed by atoms with Crippen molar-refractivity contribution in [1.82, 2.24) is 5.32 Å². The van der Waals surface area contributed by atoms with Crippen molar-refractivity contribution in [3.8, 4) is 0 Å². The smallest absolute Gasteiger partial charge is 0.304 e. The molecule has 1 aromatic rings. The molecule has 0 spiro atoms. The van der Waals surface area contributed by atoms with Crippen molar-refractivity contribution in [1.29, 1.82) is 0 Å². The van der Waals surface area contributed by atoms with E-state index in [0.717, 1.165) is 0 Å². The molecule has 0 bridgehead atoms. The van der Waals surface area contributed by atoms with Crippen LogP contribution in [-0.2, 0) is 4.79 Å². The third kappa shape index (κ3) is 3.33. The van der Waals surface area contributed by atoms with Gasteiger partial charge in [-0.3, -0.25) is 14.9 Å². The lowest BCUT2D eigenvalue weighted by atomic mass is 9.96. The zero-order valence-corrected chi connectivity index (χ0v) is 12.9. The molecule has 21 heavy (non-hydrogen) atoms. The Bertz CT molecular complexity index is 536. The summed E-state index contributed by atoms with van der Waals surface area (Å²) >= 11 is 1.25. The number of piperidine rings is 1. The minimum atomic E-state index is -0.717. The number of nitrogens with one attached hydrogen (secondary N) is 1. The molecule has 1 aliphatic heterocycles. The van der Waals surface area contributed by atoms with Crippen molar-refractivity contribution >= 4 is 27.9 Å². The van der Waals surface area contributed by atoms with Crippen LogP contribution in [0.5, 0.6) is 0 Å². The molecule has 2 N–H and O–H groups in total. The highest BCUT2D eigenvalue weighted by atomic mass is 32.1. The number of anilines is 1. The number of thiophene rings is 1. The highest BCUT2D eigenvalue weighted by Crippen LogP contribution is 2.41. The lowest BCUT2D eigenvalue weighted by Gasteiger charge is -2.31. The van der Waals surface area contributed by atoms with Gasteiger partial charge in [0.05, 0.1) is 11.0 Å². The molecule has 116 valence electrons. The summed E-state index contributed by atoms with van der Waals surface area (Å²) in [6.07, 6.45) is 0.642. The molecule has 1 fully saturated rings. The molecular weight excluding hydrogens is 294 g/mol. The first-order chi connectivity index (χ1) is 9.93. The molecule has 0 aliphatic carbocycles. The molecule has 7 nitrogen and oxygen atoms in total. The minimum Gasteiger partial charge on any atom is -0.388 e. The Balaban J connectivity index is 2.16. The van der Waals surface area contributed by atoms with E-state index in [4.69, 9.17) is 0 Å². The normalized spacial score (nSPS) is 17.6. The molecule has 1 saturated heterocycles. The fourth-order valence-electron chi connectivity index (χ4n) is 2.50. The van der Waals surface area contributed by atoms with Crippen LogP contribution in [0, 0.1) is 16.0 Å². The first kappa shape index (κ1) is 15.7. The zero-order chi connectivity index (χ0) is 15.6. The Morgan fingerprint density at radius 2 is 2.19 bits per heavy atom. The monoisotopic (exact) mass is 313 g/mol. The van der Waals surface area contributed by atoms with Gasteiger partial charge in [0, 0.05) is 37.0 Å². The standard InChI is InChI=1S/C13H19N3O4S/c1-8(17)11-7-10(16(19)20)13(21-11)15-5-3-9(4-6-15)12(18)14-2/h7-9,17H,3-6H2,1-2H3,(H,14,18)/t8-/m1/s1. The number of hydrogen-bond donors (Lipinski definition) is 2. The van der Waals surface area contributed by atoms with Crippen molar-refractivity contribution in [3.63, 3.8) is 0 Å². The molecular formula is C13H19N3O4S. The lowest BCUT2D eigenvalue weighted by Crippen LogP contribution is -2.39. The second kappa shape index (κ2) is 6.40. The van der Waals surface area contributed by atoms with Gasteiger partial charge in [0.15, 0.2) is 5.00 Å². The number of nitro groups is 1. The predicted molar refractivity (Wildman–Crippen MR) is 80.6 cm³/mol. The van der Waals surface area contributed by atoms with Crippen LogP contribution in [-0.4, -0.2) is 36.1 Å². The van der Waals surface area contributed by atoms with E-state index in [9.17, 15) is 20.0 Å². The summed E-state index contributed by atoms with van der Waals surface area (Å²) in [6, 6.07) is 1.44. The van der Waals surface area contributed by atoms with Crippen LogP contribution < -0.4 is 10.2 Å². The number of aliphatic hydroxyl groups excluding tert-OH is 1. The Morgan fingerprint density at radius 3 is 2.67 bits per heavy atom. The molecule has 2 rings (SSSR count). The van der Waals surface area contributed by atoms with E-state index in [2.05, 4.69) is 5.32 Å². The summed E-state index contributed by atoms with van der Waals surface area (Å²) in [5.41, 5.74) is 0.0364. The van der Waals surface area contributed by atoms with E-state index < -0.39 is 11.0 Å². The number of hydrogen-bond acceptors (Lipinski definition) is 6. The Hall–Kier alpha value is -1.67. The van der Waals surface area contributed by atoms with Crippen molar-refractivity contribution in [3.05, 3.63) is 21.1 Å². The Kier molecular flexibility index (Phi) is 4.79. The zero-order valence-electron chi connectivity index (χ0n) is 12.0. The summed E-state index contributed by atoms with van der Waals surface area (Å²) in [5.74, 6) is 0.00139. The lowest BCUT2D eigenvalue weighted by molar-refractivity contribution is -0.383. The van der Waals surface area contributed by atoms with Gasteiger partial charge in [-0.15, -0.1) is 11.3 Å². The van der Waals surface area contributed by atoms with Gasteiger partial charge in [-0.05, 0) is 19.8 Å². The molecule has 2 heterocycles. The Morgan fingerprint density at radius 1 is 1.57 bits per heavy atom. The van der Waals surface area contributed by atoms with Gasteiger partial charge in [0.2, 0.25) is 5.91 Å². The van der Waals surface area contributed by atoms with E-state index in [-0.39, 0.29) is 17.5 Å². The largest absolute Gasteiger partial charge is 0.388 e. The molecule has 1 amide bonds. The third-order valence-electron chi connectivity index (χ3n) is 3.72. The first-order valence-corrected chi connectivity index (χ1v) is 7.68. The van der Waals surface area contributed by atoms with Crippen molar-refractivity contribution in [2.24, 2.45) is 5.92 Å². The van der Waals surface area contributed by atoms with Gasteiger partial charge >= 0.3 is 5.69 Å². The third-order valence-corrected chi connectivity index (χ3v) is 5.08. The summed E-state index contributed by atoms with van der Waals surface area (Å²) in [5, 5.41) is 24.0. The van der Waals surface area contributed by atoms with Gasteiger partial charge in [0.1, 0.15) is 0 Å². The highest BCUT2D eigenvalue weighted by Gasteiger charge is 2.30. The van der Waals surface area contributed by atoms with E-state index in [1.807, 2.05) is 4.90 Å². The first-order valence-electron chi connectivity index (χ1n) is 6.86. The molecule has 0 saturated carbocycles. The number of nitrogens with zero attached hydrogens (tertiary/aromatic N) is 2. The van der Waals surface area contributed by atoms with E-state index >= 15 is 0 Å². The van der Waals surface area contributed by atoms with Gasteiger partial charge in [-0.1, -0.05) is 0 Å². The van der Waals surface area contributed by atoms with Crippen molar-refractivity contribution in [2.75, 3.05) is 25.0 Å². The molecule has 0 aromatic carbocycles. The average molecular weight is 313 g/mol.